The van der Waals surface area contributed by atoms with Gasteiger partial charge in [0.1, 0.15) is 0 Å². The molecule has 0 saturated carbocycles. The first kappa shape index (κ1) is 10.2. The van der Waals surface area contributed by atoms with Gasteiger partial charge >= 0.3 is 0 Å². The summed E-state index contributed by atoms with van der Waals surface area (Å²) in [4.78, 5) is 0. The molecule has 0 aromatic heterocycles. The average molecular weight is 211 g/mol. The van der Waals surface area contributed by atoms with E-state index in [1.165, 1.54) is 12.1 Å². The Balaban J connectivity index is 1.98. The minimum atomic E-state index is 0.00756. The van der Waals surface area contributed by atoms with Crippen LogP contribution in [0.15, 0.2) is 59.7 Å². The molecule has 0 aliphatic heterocycles. The maximum Gasteiger partial charge on any atom is 0.178 e. The van der Waals surface area contributed by atoms with Crippen LogP contribution in [0.5, 0.6) is 5.75 Å². The number of hydrazone groups is 1. The highest BCUT2D eigenvalue weighted by Crippen LogP contribution is 2.09. The average Bonchev–Trinajstić information content (AvgIpc) is 2.33. The Labute approximate surface area is 94.1 Å². The van der Waals surface area contributed by atoms with E-state index in [-0.39, 0.29) is 5.75 Å². The number of benzene rings is 2. The van der Waals surface area contributed by atoms with E-state index in [0.29, 0.717) is 0 Å². The van der Waals surface area contributed by atoms with Crippen molar-refractivity contribution in [3.63, 3.8) is 0 Å². The fourth-order valence-electron chi connectivity index (χ4n) is 1.25. The van der Waals surface area contributed by atoms with Crippen LogP contribution in [0.3, 0.4) is 0 Å². The zero-order chi connectivity index (χ0) is 11.2. The summed E-state index contributed by atoms with van der Waals surface area (Å²) in [7, 11) is 0. The zero-order valence-electron chi connectivity index (χ0n) is 8.63. The van der Waals surface area contributed by atoms with E-state index in [4.69, 9.17) is 0 Å². The highest BCUT2D eigenvalue weighted by atomic mass is 16.3. The molecular formula is C13H11N2O. The molecule has 2 aromatic rings. The molecule has 0 unspecified atom stereocenters. The van der Waals surface area contributed by atoms with E-state index in [2.05, 4.69) is 10.5 Å². The summed E-state index contributed by atoms with van der Waals surface area (Å²) < 4.78 is 0. The Kier molecular flexibility index (Phi) is 3.18. The standard InChI is InChI=1S/C13H11N2O/c16-13-8-6-11(7-9-13)10-14-15-12-4-2-1-3-5-12/h1-10,15H/b14-10+. The molecule has 2 aromatic carbocycles. The van der Waals surface area contributed by atoms with Crippen molar-refractivity contribution in [3.8, 4) is 5.75 Å². The smallest absolute Gasteiger partial charge is 0.178 e. The molecule has 0 amide bonds. The van der Waals surface area contributed by atoms with Crippen LogP contribution in [0.1, 0.15) is 5.56 Å². The van der Waals surface area contributed by atoms with Crippen LogP contribution in [0, 0.1) is 0 Å². The minimum Gasteiger partial charge on any atom is -0.290 e. The van der Waals surface area contributed by atoms with Crippen LogP contribution in [0.25, 0.3) is 0 Å². The summed E-state index contributed by atoms with van der Waals surface area (Å²) in [6.07, 6.45) is 1.67. The van der Waals surface area contributed by atoms with Crippen molar-refractivity contribution in [2.24, 2.45) is 5.10 Å². The third kappa shape index (κ3) is 2.85. The molecule has 0 aliphatic rings. The molecule has 0 bridgehead atoms. The Morgan fingerprint density at radius 3 is 2.31 bits per heavy atom. The molecule has 0 heterocycles. The summed E-state index contributed by atoms with van der Waals surface area (Å²) in [5.41, 5.74) is 4.72. The van der Waals surface area contributed by atoms with E-state index in [1.54, 1.807) is 18.3 Å². The quantitative estimate of drug-likeness (QED) is 0.614. The van der Waals surface area contributed by atoms with E-state index < -0.39 is 0 Å². The van der Waals surface area contributed by atoms with Crippen molar-refractivity contribution in [1.29, 1.82) is 0 Å². The van der Waals surface area contributed by atoms with Gasteiger partial charge in [-0.15, -0.1) is 0 Å². The first-order valence-corrected chi connectivity index (χ1v) is 4.96. The van der Waals surface area contributed by atoms with Gasteiger partial charge in [-0.3, -0.25) is 10.5 Å². The normalized spacial score (nSPS) is 10.5. The Bertz CT molecular complexity index is 463. The third-order valence-corrected chi connectivity index (χ3v) is 2.06. The maximum atomic E-state index is 10.9. The number of anilines is 1. The summed E-state index contributed by atoms with van der Waals surface area (Å²) in [5, 5.41) is 14.9. The molecular weight excluding hydrogens is 200 g/mol. The van der Waals surface area contributed by atoms with Gasteiger partial charge in [-0.2, -0.15) is 5.10 Å². The molecule has 2 rings (SSSR count). The van der Waals surface area contributed by atoms with Crippen molar-refractivity contribution >= 4 is 11.9 Å². The van der Waals surface area contributed by atoms with Crippen LogP contribution in [-0.4, -0.2) is 6.21 Å². The van der Waals surface area contributed by atoms with Gasteiger partial charge in [0.05, 0.1) is 11.9 Å². The van der Waals surface area contributed by atoms with E-state index in [9.17, 15) is 5.11 Å². The molecule has 0 aliphatic carbocycles. The van der Waals surface area contributed by atoms with Crippen LogP contribution in [0.2, 0.25) is 0 Å². The second-order valence-corrected chi connectivity index (χ2v) is 3.31. The third-order valence-electron chi connectivity index (χ3n) is 2.06. The summed E-state index contributed by atoms with van der Waals surface area (Å²) >= 11 is 0. The van der Waals surface area contributed by atoms with Gasteiger partial charge in [0.15, 0.2) is 5.75 Å². The highest BCUT2D eigenvalue weighted by molar-refractivity contribution is 5.80. The summed E-state index contributed by atoms with van der Waals surface area (Å²) in [6, 6.07) is 16.2. The monoisotopic (exact) mass is 211 g/mol. The number of para-hydroxylation sites is 1. The number of hydrogen-bond donors (Lipinski definition) is 1. The van der Waals surface area contributed by atoms with Gasteiger partial charge in [0.2, 0.25) is 0 Å². The van der Waals surface area contributed by atoms with Crippen molar-refractivity contribution in [2.45, 2.75) is 0 Å². The van der Waals surface area contributed by atoms with Gasteiger partial charge in [0.25, 0.3) is 0 Å². The fourth-order valence-corrected chi connectivity index (χ4v) is 1.25. The van der Waals surface area contributed by atoms with Gasteiger partial charge in [-0.05, 0) is 42.0 Å². The molecule has 0 atom stereocenters. The van der Waals surface area contributed by atoms with E-state index in [0.717, 1.165) is 11.3 Å². The second kappa shape index (κ2) is 4.98. The van der Waals surface area contributed by atoms with Crippen molar-refractivity contribution in [2.75, 3.05) is 5.43 Å². The topological polar surface area (TPSA) is 44.3 Å². The van der Waals surface area contributed by atoms with Gasteiger partial charge < -0.3 is 0 Å². The first-order chi connectivity index (χ1) is 7.84. The molecule has 1 N–H and O–H groups in total. The Hall–Kier alpha value is -2.29. The predicted molar refractivity (Wildman–Crippen MR) is 64.2 cm³/mol. The lowest BCUT2D eigenvalue weighted by molar-refractivity contribution is 0.355. The van der Waals surface area contributed by atoms with Crippen molar-refractivity contribution in [1.82, 2.24) is 0 Å². The molecule has 1 radical (unpaired) electrons. The second-order valence-electron chi connectivity index (χ2n) is 3.31. The SMILES string of the molecule is [O]c1ccc(/C=N/Nc2ccccc2)cc1. The largest absolute Gasteiger partial charge is 0.290 e. The first-order valence-electron chi connectivity index (χ1n) is 4.96. The lowest BCUT2D eigenvalue weighted by Crippen LogP contribution is -1.89. The van der Waals surface area contributed by atoms with Crippen LogP contribution >= 0.6 is 0 Å². The van der Waals surface area contributed by atoms with E-state index >= 15 is 0 Å². The lowest BCUT2D eigenvalue weighted by atomic mass is 10.2. The minimum absolute atomic E-state index is 0.00756. The number of nitrogens with zero attached hydrogens (tertiary/aromatic N) is 1. The van der Waals surface area contributed by atoms with Crippen LogP contribution in [-0.2, 0) is 5.11 Å². The van der Waals surface area contributed by atoms with Crippen LogP contribution < -0.4 is 5.43 Å². The molecule has 0 saturated heterocycles. The molecule has 0 fully saturated rings. The van der Waals surface area contributed by atoms with E-state index in [1.807, 2.05) is 30.3 Å². The Morgan fingerprint density at radius 2 is 1.62 bits per heavy atom. The number of rotatable bonds is 3. The van der Waals surface area contributed by atoms with Crippen LogP contribution in [0.4, 0.5) is 5.69 Å². The highest BCUT2D eigenvalue weighted by Gasteiger charge is 1.90. The molecule has 3 nitrogen and oxygen atoms in total. The van der Waals surface area contributed by atoms with Crippen molar-refractivity contribution in [3.05, 3.63) is 60.2 Å². The molecule has 16 heavy (non-hydrogen) atoms. The Morgan fingerprint density at radius 1 is 0.938 bits per heavy atom. The number of nitrogens with one attached hydrogen (secondary N) is 1. The van der Waals surface area contributed by atoms with Gasteiger partial charge in [-0.25, -0.2) is 0 Å². The zero-order valence-corrected chi connectivity index (χ0v) is 8.63. The summed E-state index contributed by atoms with van der Waals surface area (Å²) in [5.74, 6) is 0.00756. The number of hydrogen-bond acceptors (Lipinski definition) is 2. The predicted octanol–water partition coefficient (Wildman–Crippen LogP) is 3.28. The maximum absolute atomic E-state index is 10.9. The van der Waals surface area contributed by atoms with Crippen molar-refractivity contribution < 1.29 is 5.11 Å². The van der Waals surface area contributed by atoms with Gasteiger partial charge in [0, 0.05) is 0 Å². The molecule has 0 spiro atoms. The van der Waals surface area contributed by atoms with Gasteiger partial charge in [-0.1, -0.05) is 18.2 Å². The lowest BCUT2D eigenvalue weighted by Gasteiger charge is -1.98. The fraction of sp³-hybridized carbons (Fsp3) is 0. The molecule has 3 heteroatoms. The molecule has 79 valence electrons. The summed E-state index contributed by atoms with van der Waals surface area (Å²) in [6.45, 7) is 0.